The molecule has 2 unspecified atom stereocenters. The van der Waals surface area contributed by atoms with Crippen LogP contribution in [0.3, 0.4) is 0 Å². The van der Waals surface area contributed by atoms with E-state index >= 15 is 0 Å². The van der Waals surface area contributed by atoms with Gasteiger partial charge < -0.3 is 20.1 Å². The summed E-state index contributed by atoms with van der Waals surface area (Å²) in [7, 11) is 0. The Kier molecular flexibility index (Phi) is 9.96. The van der Waals surface area contributed by atoms with Gasteiger partial charge in [-0.25, -0.2) is 0 Å². The van der Waals surface area contributed by atoms with Crippen molar-refractivity contribution in [3.8, 4) is 0 Å². The number of anilines is 1. The number of benzene rings is 2. The molecule has 1 aliphatic heterocycles. The summed E-state index contributed by atoms with van der Waals surface area (Å²) in [6.07, 6.45) is 6.07. The summed E-state index contributed by atoms with van der Waals surface area (Å²) in [6.45, 7) is 1.79. The molecule has 214 valence electrons. The van der Waals surface area contributed by atoms with Gasteiger partial charge in [-0.2, -0.15) is 0 Å². The molecule has 8 nitrogen and oxygen atoms in total. The first-order valence-corrected chi connectivity index (χ1v) is 14.4. The highest BCUT2D eigenvalue weighted by molar-refractivity contribution is 6.00. The first-order chi connectivity index (χ1) is 19.3. The molecule has 2 N–H and O–H groups in total. The zero-order valence-corrected chi connectivity index (χ0v) is 23.3. The van der Waals surface area contributed by atoms with Gasteiger partial charge in [0.1, 0.15) is 6.54 Å². The van der Waals surface area contributed by atoms with E-state index in [1.807, 2.05) is 42.5 Å². The minimum atomic E-state index is -1.08. The second-order valence-corrected chi connectivity index (χ2v) is 11.1. The van der Waals surface area contributed by atoms with Crippen molar-refractivity contribution < 1.29 is 29.0 Å². The van der Waals surface area contributed by atoms with Crippen LogP contribution in [0, 0.1) is 17.3 Å². The third-order valence-corrected chi connectivity index (χ3v) is 8.39. The Morgan fingerprint density at radius 3 is 2.48 bits per heavy atom. The number of aliphatic carboxylic acids is 1. The zero-order chi connectivity index (χ0) is 28.5. The predicted octanol–water partition coefficient (Wildman–Crippen LogP) is 4.55. The number of nitrogens with zero attached hydrogens (tertiary/aromatic N) is 1. The Morgan fingerprint density at radius 2 is 1.77 bits per heavy atom. The molecule has 1 saturated carbocycles. The van der Waals surface area contributed by atoms with E-state index in [0.29, 0.717) is 50.8 Å². The SMILES string of the molecule is CCOC(=O)C(CCc1ccccc1)CC1(C(=O)NCC2CCc3ccccc3N(CC(=O)O)C2=O)CCCC1. The van der Waals surface area contributed by atoms with Crippen LogP contribution in [0.25, 0.3) is 0 Å². The number of carbonyl (C=O) groups is 4. The highest BCUT2D eigenvalue weighted by Crippen LogP contribution is 2.44. The van der Waals surface area contributed by atoms with Crippen molar-refractivity contribution in [1.82, 2.24) is 5.32 Å². The van der Waals surface area contributed by atoms with Gasteiger partial charge in [-0.3, -0.25) is 19.2 Å². The van der Waals surface area contributed by atoms with Crippen LogP contribution in [0.4, 0.5) is 5.69 Å². The standard InChI is InChI=1S/C32H40N2O6/c1-2-40-30(38)25(15-14-23-10-4-3-5-11-23)20-32(18-8-9-19-32)31(39)33-21-26-17-16-24-12-6-7-13-27(24)34(29(26)37)22-28(35)36/h3-7,10-13,25-26H,2,8-9,14-22H2,1H3,(H,33,39)(H,35,36). The van der Waals surface area contributed by atoms with E-state index in [2.05, 4.69) is 5.32 Å². The van der Waals surface area contributed by atoms with Gasteiger partial charge in [-0.05, 0) is 69.1 Å². The third kappa shape index (κ3) is 7.09. The van der Waals surface area contributed by atoms with Crippen LogP contribution in [-0.2, 0) is 36.8 Å². The molecular weight excluding hydrogens is 508 g/mol. The van der Waals surface area contributed by atoms with Crippen molar-refractivity contribution in [2.75, 3.05) is 24.6 Å². The van der Waals surface area contributed by atoms with Crippen molar-refractivity contribution in [2.45, 2.75) is 64.7 Å². The van der Waals surface area contributed by atoms with Gasteiger partial charge in [-0.1, -0.05) is 61.4 Å². The second kappa shape index (κ2) is 13.6. The van der Waals surface area contributed by atoms with Gasteiger partial charge in [0.2, 0.25) is 11.8 Å². The van der Waals surface area contributed by atoms with Crippen molar-refractivity contribution in [2.24, 2.45) is 17.3 Å². The minimum Gasteiger partial charge on any atom is -0.480 e. The molecular formula is C32H40N2O6. The Labute approximate surface area is 236 Å². The molecule has 0 saturated heterocycles. The number of nitrogens with one attached hydrogen (secondary N) is 1. The first-order valence-electron chi connectivity index (χ1n) is 14.4. The summed E-state index contributed by atoms with van der Waals surface area (Å²) in [5.74, 6) is -2.70. The zero-order valence-electron chi connectivity index (χ0n) is 23.3. The maximum atomic E-state index is 13.8. The van der Waals surface area contributed by atoms with E-state index in [4.69, 9.17) is 4.74 Å². The van der Waals surface area contributed by atoms with E-state index in [-0.39, 0.29) is 24.3 Å². The number of carboxylic acids is 1. The number of hydrogen-bond acceptors (Lipinski definition) is 5. The molecule has 0 bridgehead atoms. The lowest BCUT2D eigenvalue weighted by atomic mass is 9.75. The van der Waals surface area contributed by atoms with E-state index in [0.717, 1.165) is 30.4 Å². The summed E-state index contributed by atoms with van der Waals surface area (Å²) in [4.78, 5) is 53.1. The molecule has 4 rings (SSSR count). The van der Waals surface area contributed by atoms with Crippen molar-refractivity contribution >= 4 is 29.4 Å². The van der Waals surface area contributed by atoms with Crippen LogP contribution in [0.2, 0.25) is 0 Å². The summed E-state index contributed by atoms with van der Waals surface area (Å²) in [5.41, 5.74) is 1.99. The predicted molar refractivity (Wildman–Crippen MR) is 152 cm³/mol. The normalized spacial score (nSPS) is 18.9. The maximum absolute atomic E-state index is 13.8. The monoisotopic (exact) mass is 548 g/mol. The van der Waals surface area contributed by atoms with Gasteiger partial charge in [0.05, 0.1) is 18.4 Å². The summed E-state index contributed by atoms with van der Waals surface area (Å²) in [6, 6.07) is 17.4. The number of carboxylic acid groups (broad SMARTS) is 1. The van der Waals surface area contributed by atoms with Crippen LogP contribution in [0.5, 0.6) is 0 Å². The average molecular weight is 549 g/mol. The van der Waals surface area contributed by atoms with Gasteiger partial charge in [-0.15, -0.1) is 0 Å². The Balaban J connectivity index is 1.46. The quantitative estimate of drug-likeness (QED) is 0.377. The summed E-state index contributed by atoms with van der Waals surface area (Å²) in [5, 5.41) is 12.5. The van der Waals surface area contributed by atoms with E-state index in [9.17, 15) is 24.3 Å². The second-order valence-electron chi connectivity index (χ2n) is 11.1. The number of aryl methyl sites for hydroxylation is 2. The molecule has 2 aromatic rings. The van der Waals surface area contributed by atoms with Crippen LogP contribution in [-0.4, -0.2) is 48.6 Å². The van der Waals surface area contributed by atoms with Crippen molar-refractivity contribution in [3.05, 3.63) is 65.7 Å². The Morgan fingerprint density at radius 1 is 1.07 bits per heavy atom. The van der Waals surface area contributed by atoms with Crippen LogP contribution in [0.15, 0.2) is 54.6 Å². The van der Waals surface area contributed by atoms with Crippen LogP contribution in [0.1, 0.15) is 63.0 Å². The summed E-state index contributed by atoms with van der Waals surface area (Å²) < 4.78 is 5.42. The van der Waals surface area contributed by atoms with E-state index in [1.165, 1.54) is 4.90 Å². The van der Waals surface area contributed by atoms with Crippen molar-refractivity contribution in [3.63, 3.8) is 0 Å². The molecule has 2 amide bonds. The molecule has 1 heterocycles. The number of esters is 1. The minimum absolute atomic E-state index is 0.127. The number of para-hydroxylation sites is 1. The molecule has 8 heteroatoms. The van der Waals surface area contributed by atoms with Crippen molar-refractivity contribution in [1.29, 1.82) is 0 Å². The molecule has 40 heavy (non-hydrogen) atoms. The Bertz CT molecular complexity index is 1190. The largest absolute Gasteiger partial charge is 0.480 e. The van der Waals surface area contributed by atoms with Crippen LogP contribution < -0.4 is 10.2 Å². The average Bonchev–Trinajstić information content (AvgIpc) is 3.39. The number of amides is 2. The number of rotatable bonds is 12. The smallest absolute Gasteiger partial charge is 0.323 e. The fourth-order valence-electron chi connectivity index (χ4n) is 6.27. The molecule has 0 radical (unpaired) electrons. The van der Waals surface area contributed by atoms with Gasteiger partial charge in [0.15, 0.2) is 0 Å². The fourth-order valence-corrected chi connectivity index (χ4v) is 6.27. The highest BCUT2D eigenvalue weighted by atomic mass is 16.5. The van der Waals surface area contributed by atoms with Gasteiger partial charge in [0, 0.05) is 17.6 Å². The molecule has 1 aliphatic carbocycles. The molecule has 2 aromatic carbocycles. The lowest BCUT2D eigenvalue weighted by molar-refractivity contribution is -0.150. The topological polar surface area (TPSA) is 113 Å². The number of ether oxygens (including phenoxy) is 1. The van der Waals surface area contributed by atoms with E-state index < -0.39 is 29.8 Å². The number of fused-ring (bicyclic) bond motifs is 1. The molecule has 1 fully saturated rings. The molecule has 2 aliphatic rings. The third-order valence-electron chi connectivity index (χ3n) is 8.39. The lowest BCUT2D eigenvalue weighted by Gasteiger charge is -2.32. The number of hydrogen-bond donors (Lipinski definition) is 2. The van der Waals surface area contributed by atoms with Gasteiger partial charge in [0.25, 0.3) is 0 Å². The molecule has 2 atom stereocenters. The lowest BCUT2D eigenvalue weighted by Crippen LogP contribution is -2.47. The number of carbonyl (C=O) groups excluding carboxylic acids is 3. The maximum Gasteiger partial charge on any atom is 0.323 e. The van der Waals surface area contributed by atoms with Crippen LogP contribution >= 0.6 is 0 Å². The highest BCUT2D eigenvalue weighted by Gasteiger charge is 2.44. The molecule has 0 spiro atoms. The fraction of sp³-hybridized carbons (Fsp3) is 0.500. The van der Waals surface area contributed by atoms with E-state index in [1.54, 1.807) is 19.1 Å². The van der Waals surface area contributed by atoms with Gasteiger partial charge >= 0.3 is 11.9 Å². The molecule has 0 aromatic heterocycles. The summed E-state index contributed by atoms with van der Waals surface area (Å²) >= 11 is 0. The first kappa shape index (κ1) is 29.3. The Hall–Kier alpha value is -3.68.